The molecule has 1 aliphatic heterocycles. The van der Waals surface area contributed by atoms with Crippen molar-refractivity contribution in [1.29, 1.82) is 0 Å². The molecule has 2 atom stereocenters. The van der Waals surface area contributed by atoms with Crippen molar-refractivity contribution in [3.05, 3.63) is 35.6 Å². The molecule has 1 heterocycles. The van der Waals surface area contributed by atoms with Gasteiger partial charge in [-0.1, -0.05) is 12.1 Å². The fourth-order valence-electron chi connectivity index (χ4n) is 2.69. The molecule has 0 saturated carbocycles. The fourth-order valence-corrected chi connectivity index (χ4v) is 2.69. The number of hydrogen-bond acceptors (Lipinski definition) is 2. The molecule has 3 heteroatoms. The lowest BCUT2D eigenvalue weighted by atomic mass is 9.85. The fraction of sp³-hybridized carbons (Fsp3) is 0.538. The first kappa shape index (κ1) is 11.6. The van der Waals surface area contributed by atoms with Crippen LogP contribution in [0.4, 0.5) is 4.39 Å². The lowest BCUT2D eigenvalue weighted by molar-refractivity contribution is 0.125. The van der Waals surface area contributed by atoms with Crippen molar-refractivity contribution in [2.24, 2.45) is 11.7 Å². The molecule has 88 valence electrons. The Labute approximate surface area is 96.2 Å². The Balaban J connectivity index is 2.24. The van der Waals surface area contributed by atoms with Gasteiger partial charge >= 0.3 is 0 Å². The maximum absolute atomic E-state index is 12.9. The number of halogens is 1. The van der Waals surface area contributed by atoms with Crippen LogP contribution in [0.25, 0.3) is 0 Å². The molecule has 1 aliphatic rings. The molecule has 1 saturated heterocycles. The minimum atomic E-state index is -0.175. The van der Waals surface area contributed by atoms with Gasteiger partial charge in [-0.15, -0.1) is 0 Å². The highest BCUT2D eigenvalue weighted by Gasteiger charge is 2.29. The molecule has 0 unspecified atom stereocenters. The highest BCUT2D eigenvalue weighted by atomic mass is 19.1. The van der Waals surface area contributed by atoms with E-state index in [2.05, 4.69) is 11.9 Å². The van der Waals surface area contributed by atoms with E-state index in [9.17, 15) is 4.39 Å². The molecular formula is C13H19FN2. The van der Waals surface area contributed by atoms with E-state index in [-0.39, 0.29) is 5.82 Å². The summed E-state index contributed by atoms with van der Waals surface area (Å²) >= 11 is 0. The van der Waals surface area contributed by atoms with Gasteiger partial charge in [0.05, 0.1) is 0 Å². The van der Waals surface area contributed by atoms with Gasteiger partial charge < -0.3 is 5.73 Å². The lowest BCUT2D eigenvalue weighted by Crippen LogP contribution is -2.39. The van der Waals surface area contributed by atoms with Crippen LogP contribution < -0.4 is 5.73 Å². The average Bonchev–Trinajstić information content (AvgIpc) is 2.30. The number of benzene rings is 1. The SMILES string of the molecule is CN1CCC[C@H](CN)[C@H]1c1ccc(F)cc1. The predicted molar refractivity (Wildman–Crippen MR) is 63.5 cm³/mol. The molecule has 1 fully saturated rings. The van der Waals surface area contributed by atoms with Gasteiger partial charge in [-0.2, -0.15) is 0 Å². The standard InChI is InChI=1S/C13H19FN2/c1-16-8-2-3-11(9-15)13(16)10-4-6-12(14)7-5-10/h4-7,11,13H,2-3,8-9,15H2,1H3/t11-,13-/m1/s1. The third-order valence-electron chi connectivity index (χ3n) is 3.52. The maximum Gasteiger partial charge on any atom is 0.123 e. The molecule has 0 amide bonds. The second-order valence-corrected chi connectivity index (χ2v) is 4.62. The number of likely N-dealkylation sites (tertiary alicyclic amines) is 1. The van der Waals surface area contributed by atoms with E-state index in [0.717, 1.165) is 6.54 Å². The molecule has 16 heavy (non-hydrogen) atoms. The van der Waals surface area contributed by atoms with Crippen LogP contribution in [0.1, 0.15) is 24.4 Å². The van der Waals surface area contributed by atoms with Gasteiger partial charge in [-0.05, 0) is 56.6 Å². The molecule has 0 aliphatic carbocycles. The zero-order chi connectivity index (χ0) is 11.5. The van der Waals surface area contributed by atoms with Crippen LogP contribution in [-0.2, 0) is 0 Å². The van der Waals surface area contributed by atoms with Crippen molar-refractivity contribution in [3.63, 3.8) is 0 Å². The van der Waals surface area contributed by atoms with Crippen LogP contribution >= 0.6 is 0 Å². The number of nitrogens with zero attached hydrogens (tertiary/aromatic N) is 1. The van der Waals surface area contributed by atoms with Crippen LogP contribution in [0, 0.1) is 11.7 Å². The summed E-state index contributed by atoms with van der Waals surface area (Å²) < 4.78 is 12.9. The van der Waals surface area contributed by atoms with E-state index >= 15 is 0 Å². The van der Waals surface area contributed by atoms with Gasteiger partial charge in [-0.25, -0.2) is 4.39 Å². The highest BCUT2D eigenvalue weighted by Crippen LogP contribution is 2.34. The second kappa shape index (κ2) is 4.93. The van der Waals surface area contributed by atoms with E-state index < -0.39 is 0 Å². The van der Waals surface area contributed by atoms with Crippen molar-refractivity contribution in [3.8, 4) is 0 Å². The Morgan fingerprint density at radius 1 is 1.38 bits per heavy atom. The molecule has 1 aromatic rings. The molecule has 1 aromatic carbocycles. The molecule has 2 rings (SSSR count). The summed E-state index contributed by atoms with van der Waals surface area (Å²) in [4.78, 5) is 2.33. The largest absolute Gasteiger partial charge is 0.330 e. The predicted octanol–water partition coefficient (Wildman–Crippen LogP) is 2.17. The van der Waals surface area contributed by atoms with E-state index in [1.165, 1.54) is 30.5 Å². The van der Waals surface area contributed by atoms with Crippen molar-refractivity contribution < 1.29 is 4.39 Å². The Hall–Kier alpha value is -0.930. The quantitative estimate of drug-likeness (QED) is 0.831. The van der Waals surface area contributed by atoms with Crippen LogP contribution in [0.5, 0.6) is 0 Å². The van der Waals surface area contributed by atoms with Crippen LogP contribution in [-0.4, -0.2) is 25.0 Å². The third kappa shape index (κ3) is 2.25. The summed E-state index contributed by atoms with van der Waals surface area (Å²) in [6, 6.07) is 7.17. The van der Waals surface area contributed by atoms with E-state index in [4.69, 9.17) is 5.73 Å². The zero-order valence-electron chi connectivity index (χ0n) is 9.70. The number of piperidine rings is 1. The summed E-state index contributed by atoms with van der Waals surface area (Å²) in [6.45, 7) is 1.80. The molecule has 2 nitrogen and oxygen atoms in total. The Bertz CT molecular complexity index is 336. The molecule has 2 N–H and O–H groups in total. The van der Waals surface area contributed by atoms with Crippen molar-refractivity contribution in [1.82, 2.24) is 4.90 Å². The van der Waals surface area contributed by atoms with Crippen molar-refractivity contribution >= 4 is 0 Å². The summed E-state index contributed by atoms with van der Waals surface area (Å²) in [7, 11) is 2.12. The maximum atomic E-state index is 12.9. The van der Waals surface area contributed by atoms with Gasteiger partial charge in [-0.3, -0.25) is 4.90 Å². The lowest BCUT2D eigenvalue weighted by Gasteiger charge is -2.39. The van der Waals surface area contributed by atoms with Gasteiger partial charge in [0.25, 0.3) is 0 Å². The summed E-state index contributed by atoms with van der Waals surface area (Å²) in [5.74, 6) is 0.315. The molecule has 0 spiro atoms. The summed E-state index contributed by atoms with van der Waals surface area (Å²) in [5.41, 5.74) is 7.00. The van der Waals surface area contributed by atoms with Crippen molar-refractivity contribution in [2.45, 2.75) is 18.9 Å². The first-order valence-electron chi connectivity index (χ1n) is 5.88. The van der Waals surface area contributed by atoms with Crippen molar-refractivity contribution in [2.75, 3.05) is 20.1 Å². The first-order valence-corrected chi connectivity index (χ1v) is 5.88. The smallest absolute Gasteiger partial charge is 0.123 e. The third-order valence-corrected chi connectivity index (χ3v) is 3.52. The van der Waals surface area contributed by atoms with E-state index in [0.29, 0.717) is 18.5 Å². The molecular weight excluding hydrogens is 203 g/mol. The van der Waals surface area contributed by atoms with Crippen LogP contribution in [0.3, 0.4) is 0 Å². The topological polar surface area (TPSA) is 29.3 Å². The number of rotatable bonds is 2. The molecule has 0 bridgehead atoms. The molecule has 0 radical (unpaired) electrons. The average molecular weight is 222 g/mol. The first-order chi connectivity index (χ1) is 7.72. The van der Waals surface area contributed by atoms with Gasteiger partial charge in [0.1, 0.15) is 5.82 Å². The van der Waals surface area contributed by atoms with Gasteiger partial charge in [0.2, 0.25) is 0 Å². The van der Waals surface area contributed by atoms with Gasteiger partial charge in [0, 0.05) is 6.04 Å². The second-order valence-electron chi connectivity index (χ2n) is 4.62. The molecule has 0 aromatic heterocycles. The Morgan fingerprint density at radius 2 is 2.06 bits per heavy atom. The number of nitrogens with two attached hydrogens (primary N) is 1. The van der Waals surface area contributed by atoms with E-state index in [1.807, 2.05) is 12.1 Å². The van der Waals surface area contributed by atoms with Crippen LogP contribution in [0.15, 0.2) is 24.3 Å². The van der Waals surface area contributed by atoms with Crippen LogP contribution in [0.2, 0.25) is 0 Å². The summed E-state index contributed by atoms with van der Waals surface area (Å²) in [5, 5.41) is 0. The Kier molecular flexibility index (Phi) is 3.56. The van der Waals surface area contributed by atoms with Gasteiger partial charge in [0.15, 0.2) is 0 Å². The highest BCUT2D eigenvalue weighted by molar-refractivity contribution is 5.21. The normalized spacial score (nSPS) is 26.9. The Morgan fingerprint density at radius 3 is 2.69 bits per heavy atom. The number of hydrogen-bond donors (Lipinski definition) is 1. The summed E-state index contributed by atoms with van der Waals surface area (Å²) in [6.07, 6.45) is 2.37. The minimum absolute atomic E-state index is 0.175. The monoisotopic (exact) mass is 222 g/mol. The zero-order valence-corrected chi connectivity index (χ0v) is 9.70. The van der Waals surface area contributed by atoms with E-state index in [1.54, 1.807) is 0 Å². The minimum Gasteiger partial charge on any atom is -0.330 e.